The van der Waals surface area contributed by atoms with Crippen LogP contribution in [0.5, 0.6) is 0 Å². The maximum absolute atomic E-state index is 4.49. The number of hydrogen-bond donors (Lipinski definition) is 1. The fourth-order valence-electron chi connectivity index (χ4n) is 2.65. The third kappa shape index (κ3) is 3.02. The molecule has 0 saturated heterocycles. The highest BCUT2D eigenvalue weighted by Crippen LogP contribution is 2.31. The second-order valence-corrected chi connectivity index (χ2v) is 4.86. The lowest BCUT2D eigenvalue weighted by Crippen LogP contribution is -2.24. The van der Waals surface area contributed by atoms with E-state index in [1.165, 1.54) is 11.1 Å². The molecule has 0 saturated carbocycles. The zero-order valence-corrected chi connectivity index (χ0v) is 11.9. The molecule has 0 aliphatic carbocycles. The average molecular weight is 254 g/mol. The van der Waals surface area contributed by atoms with Crippen molar-refractivity contribution in [3.05, 3.63) is 65.5 Å². The van der Waals surface area contributed by atoms with E-state index in [-0.39, 0.29) is 0 Å². The van der Waals surface area contributed by atoms with E-state index in [9.17, 15) is 0 Å². The third-order valence-corrected chi connectivity index (χ3v) is 3.74. The van der Waals surface area contributed by atoms with Gasteiger partial charge in [0.1, 0.15) is 0 Å². The van der Waals surface area contributed by atoms with Crippen LogP contribution in [0.2, 0.25) is 0 Å². The molecule has 0 fully saturated rings. The first-order valence-electron chi connectivity index (χ1n) is 6.94. The van der Waals surface area contributed by atoms with Gasteiger partial charge in [0.2, 0.25) is 0 Å². The molecule has 0 bridgehead atoms. The summed E-state index contributed by atoms with van der Waals surface area (Å²) >= 11 is 0. The third-order valence-electron chi connectivity index (χ3n) is 3.74. The first-order chi connectivity index (χ1) is 9.27. The number of rotatable bonds is 5. The number of nitrogens with zero attached hydrogens (tertiary/aromatic N) is 1. The summed E-state index contributed by atoms with van der Waals surface area (Å²) in [5, 5.41) is 3.45. The van der Waals surface area contributed by atoms with Crippen LogP contribution in [0.1, 0.15) is 42.6 Å². The summed E-state index contributed by atoms with van der Waals surface area (Å²) < 4.78 is 0. The Kier molecular flexibility index (Phi) is 4.69. The zero-order valence-electron chi connectivity index (χ0n) is 11.9. The highest BCUT2D eigenvalue weighted by Gasteiger charge is 2.21. The van der Waals surface area contributed by atoms with Crippen molar-refractivity contribution in [3.8, 4) is 0 Å². The smallest absolute Gasteiger partial charge is 0.0450 e. The minimum atomic E-state index is 0.297. The highest BCUT2D eigenvalue weighted by molar-refractivity contribution is 5.32. The van der Waals surface area contributed by atoms with Gasteiger partial charge in [-0.2, -0.15) is 0 Å². The summed E-state index contributed by atoms with van der Waals surface area (Å²) in [4.78, 5) is 4.49. The number of likely N-dealkylation sites (N-methyl/N-ethyl adjacent to an activating group) is 1. The average Bonchev–Trinajstić information content (AvgIpc) is 2.49. The Balaban J connectivity index is 2.34. The lowest BCUT2D eigenvalue weighted by atomic mass is 9.88. The minimum absolute atomic E-state index is 0.297. The molecule has 2 unspecified atom stereocenters. The van der Waals surface area contributed by atoms with Crippen molar-refractivity contribution in [2.24, 2.45) is 0 Å². The maximum Gasteiger partial charge on any atom is 0.0450 e. The first kappa shape index (κ1) is 13.8. The molecule has 1 N–H and O–H groups in total. The lowest BCUT2D eigenvalue weighted by Gasteiger charge is -2.25. The van der Waals surface area contributed by atoms with E-state index in [0.717, 1.165) is 12.1 Å². The molecule has 2 rings (SSSR count). The molecule has 0 radical (unpaired) electrons. The highest BCUT2D eigenvalue weighted by atomic mass is 14.9. The van der Waals surface area contributed by atoms with Crippen molar-refractivity contribution < 1.29 is 0 Å². The molecule has 0 aliphatic rings. The van der Waals surface area contributed by atoms with E-state index < -0.39 is 0 Å². The van der Waals surface area contributed by atoms with Crippen LogP contribution in [0.25, 0.3) is 0 Å². The lowest BCUT2D eigenvalue weighted by molar-refractivity contribution is 0.496. The molecule has 1 heterocycles. The molecule has 0 aliphatic heterocycles. The molecule has 2 heteroatoms. The van der Waals surface area contributed by atoms with E-state index in [0.29, 0.717) is 12.0 Å². The summed E-state index contributed by atoms with van der Waals surface area (Å²) in [6, 6.07) is 15.1. The van der Waals surface area contributed by atoms with Gasteiger partial charge in [-0.25, -0.2) is 0 Å². The Hall–Kier alpha value is -1.67. The van der Waals surface area contributed by atoms with E-state index in [4.69, 9.17) is 0 Å². The van der Waals surface area contributed by atoms with Crippen molar-refractivity contribution in [1.82, 2.24) is 10.3 Å². The topological polar surface area (TPSA) is 24.9 Å². The van der Waals surface area contributed by atoms with Crippen LogP contribution in [0, 0.1) is 0 Å². The van der Waals surface area contributed by atoms with E-state index in [1.807, 2.05) is 19.3 Å². The predicted molar refractivity (Wildman–Crippen MR) is 80.3 cm³/mol. The summed E-state index contributed by atoms with van der Waals surface area (Å²) in [6.07, 6.45) is 2.92. The number of hydrogen-bond acceptors (Lipinski definition) is 2. The van der Waals surface area contributed by atoms with Gasteiger partial charge in [-0.3, -0.25) is 4.98 Å². The monoisotopic (exact) mass is 254 g/mol. The molecule has 2 atom stereocenters. The molecular weight excluding hydrogens is 232 g/mol. The van der Waals surface area contributed by atoms with Gasteiger partial charge in [0, 0.05) is 23.9 Å². The molecule has 2 aromatic rings. The van der Waals surface area contributed by atoms with E-state index in [1.54, 1.807) is 0 Å². The molecule has 2 nitrogen and oxygen atoms in total. The van der Waals surface area contributed by atoms with Crippen molar-refractivity contribution >= 4 is 0 Å². The fourth-order valence-corrected chi connectivity index (χ4v) is 2.65. The summed E-state index contributed by atoms with van der Waals surface area (Å²) in [7, 11) is 2.02. The second-order valence-electron chi connectivity index (χ2n) is 4.86. The van der Waals surface area contributed by atoms with Crippen LogP contribution in [0.4, 0.5) is 0 Å². The molecule has 0 spiro atoms. The Morgan fingerprint density at radius 2 is 1.84 bits per heavy atom. The predicted octanol–water partition coefficient (Wildman–Crippen LogP) is 3.71. The van der Waals surface area contributed by atoms with Gasteiger partial charge in [0.15, 0.2) is 0 Å². The number of aromatic nitrogens is 1. The summed E-state index contributed by atoms with van der Waals surface area (Å²) in [5.41, 5.74) is 3.92. The number of pyridine rings is 1. The van der Waals surface area contributed by atoms with Gasteiger partial charge in [-0.05, 0) is 36.7 Å². The van der Waals surface area contributed by atoms with Crippen LogP contribution < -0.4 is 5.32 Å². The van der Waals surface area contributed by atoms with Gasteiger partial charge >= 0.3 is 0 Å². The van der Waals surface area contributed by atoms with Crippen LogP contribution >= 0.6 is 0 Å². The van der Waals surface area contributed by atoms with Crippen LogP contribution in [0.3, 0.4) is 0 Å². The van der Waals surface area contributed by atoms with Crippen LogP contribution in [-0.2, 0) is 6.42 Å². The molecule has 19 heavy (non-hydrogen) atoms. The van der Waals surface area contributed by atoms with Crippen molar-refractivity contribution in [2.75, 3.05) is 7.05 Å². The molecule has 100 valence electrons. The van der Waals surface area contributed by atoms with Gasteiger partial charge in [0.25, 0.3) is 0 Å². The van der Waals surface area contributed by atoms with E-state index >= 15 is 0 Å². The van der Waals surface area contributed by atoms with Gasteiger partial charge in [-0.15, -0.1) is 0 Å². The number of nitrogens with one attached hydrogen (secondary N) is 1. The quantitative estimate of drug-likeness (QED) is 0.880. The van der Waals surface area contributed by atoms with Crippen molar-refractivity contribution in [2.45, 2.75) is 32.2 Å². The summed E-state index contributed by atoms with van der Waals surface area (Å²) in [5.74, 6) is 0.346. The Morgan fingerprint density at radius 3 is 2.47 bits per heavy atom. The normalized spacial score (nSPS) is 14.1. The summed E-state index contributed by atoms with van der Waals surface area (Å²) in [6.45, 7) is 4.44. The molecular formula is C17H22N2. The molecule has 1 aromatic carbocycles. The van der Waals surface area contributed by atoms with Crippen LogP contribution in [-0.4, -0.2) is 12.0 Å². The van der Waals surface area contributed by atoms with Gasteiger partial charge in [0.05, 0.1) is 0 Å². The second kappa shape index (κ2) is 6.48. The van der Waals surface area contributed by atoms with Crippen molar-refractivity contribution in [1.29, 1.82) is 0 Å². The molecule has 1 aromatic heterocycles. The van der Waals surface area contributed by atoms with Crippen LogP contribution in [0.15, 0.2) is 48.7 Å². The Labute approximate surface area is 115 Å². The standard InChI is InChI=1S/C17H22N2/c1-4-14-9-5-6-10-15(14)17(18-3)13(2)16-11-7-8-12-19-16/h5-13,17-18H,4H2,1-3H3. The Morgan fingerprint density at radius 1 is 1.11 bits per heavy atom. The van der Waals surface area contributed by atoms with Gasteiger partial charge in [-0.1, -0.05) is 44.2 Å². The van der Waals surface area contributed by atoms with Crippen molar-refractivity contribution in [3.63, 3.8) is 0 Å². The maximum atomic E-state index is 4.49. The minimum Gasteiger partial charge on any atom is -0.312 e. The van der Waals surface area contributed by atoms with E-state index in [2.05, 4.69) is 60.5 Å². The first-order valence-corrected chi connectivity index (χ1v) is 6.94. The fraction of sp³-hybridized carbons (Fsp3) is 0.353. The largest absolute Gasteiger partial charge is 0.312 e. The Bertz CT molecular complexity index is 508. The SMILES string of the molecule is CCc1ccccc1C(NC)C(C)c1ccccn1. The number of aryl methyl sites for hydroxylation is 1. The zero-order chi connectivity index (χ0) is 13.7. The number of benzene rings is 1. The van der Waals surface area contributed by atoms with Gasteiger partial charge < -0.3 is 5.32 Å². The molecule has 0 amide bonds.